The van der Waals surface area contributed by atoms with Gasteiger partial charge in [-0.05, 0) is 81.7 Å². The maximum absolute atomic E-state index is 13.4. The number of ether oxygens (including phenoxy) is 3. The van der Waals surface area contributed by atoms with Gasteiger partial charge in [-0.15, -0.1) is 0 Å². The second-order valence-electron chi connectivity index (χ2n) is 7.15. The lowest BCUT2D eigenvalue weighted by Gasteiger charge is -2.14. The summed E-state index contributed by atoms with van der Waals surface area (Å²) in [5, 5.41) is 12.1. The zero-order chi connectivity index (χ0) is 25.4. The van der Waals surface area contributed by atoms with E-state index in [1.54, 1.807) is 24.3 Å². The molecule has 178 valence electrons. The van der Waals surface area contributed by atoms with Crippen LogP contribution in [0.5, 0.6) is 11.5 Å². The van der Waals surface area contributed by atoms with E-state index in [0.29, 0.717) is 38.3 Å². The number of halogens is 2. The lowest BCUT2D eigenvalue weighted by molar-refractivity contribution is -0.112. The summed E-state index contributed by atoms with van der Waals surface area (Å²) >= 11 is 3.42. The third kappa shape index (κ3) is 6.68. The van der Waals surface area contributed by atoms with Crippen LogP contribution in [0.25, 0.3) is 6.08 Å². The minimum absolute atomic E-state index is 0.114. The molecule has 0 spiro atoms. The highest BCUT2D eigenvalue weighted by molar-refractivity contribution is 9.10. The van der Waals surface area contributed by atoms with Crippen molar-refractivity contribution in [3.05, 3.63) is 93.2 Å². The van der Waals surface area contributed by atoms with Gasteiger partial charge in [0.05, 0.1) is 24.3 Å². The van der Waals surface area contributed by atoms with Crippen LogP contribution in [0.4, 0.5) is 10.1 Å². The van der Waals surface area contributed by atoms with Gasteiger partial charge in [-0.2, -0.15) is 5.26 Å². The van der Waals surface area contributed by atoms with Crippen LogP contribution in [0.15, 0.2) is 70.7 Å². The number of amides is 1. The molecule has 1 amide bonds. The summed E-state index contributed by atoms with van der Waals surface area (Å²) in [5.74, 6) is -0.733. The largest absolute Gasteiger partial charge is 0.493 e. The van der Waals surface area contributed by atoms with Crippen molar-refractivity contribution >= 4 is 39.6 Å². The fourth-order valence-corrected chi connectivity index (χ4v) is 3.64. The Kier molecular flexibility index (Phi) is 8.59. The van der Waals surface area contributed by atoms with Gasteiger partial charge in [-0.1, -0.05) is 12.1 Å². The van der Waals surface area contributed by atoms with E-state index in [0.717, 1.165) is 0 Å². The molecule has 0 aliphatic heterocycles. The molecule has 9 heteroatoms. The minimum Gasteiger partial charge on any atom is -0.493 e. The molecule has 35 heavy (non-hydrogen) atoms. The van der Waals surface area contributed by atoms with Crippen molar-refractivity contribution < 1.29 is 28.2 Å². The molecule has 0 fully saturated rings. The SMILES string of the molecule is COC(=O)c1ccc(NC(=O)/C(C#N)=C/c2cc(Br)c(OCc3cccc(F)c3)c(OC)c2)cc1. The van der Waals surface area contributed by atoms with E-state index in [1.165, 1.54) is 56.7 Å². The number of carbonyl (C=O) groups is 2. The number of nitrogens with one attached hydrogen (secondary N) is 1. The molecule has 0 aromatic heterocycles. The quantitative estimate of drug-likeness (QED) is 0.231. The number of anilines is 1. The van der Waals surface area contributed by atoms with Crippen molar-refractivity contribution in [1.29, 1.82) is 5.26 Å². The van der Waals surface area contributed by atoms with Crippen molar-refractivity contribution in [2.45, 2.75) is 6.61 Å². The molecule has 7 nitrogen and oxygen atoms in total. The average molecular weight is 539 g/mol. The van der Waals surface area contributed by atoms with Crippen LogP contribution >= 0.6 is 15.9 Å². The molecule has 0 heterocycles. The Morgan fingerprint density at radius 3 is 2.49 bits per heavy atom. The Morgan fingerprint density at radius 2 is 1.86 bits per heavy atom. The summed E-state index contributed by atoms with van der Waals surface area (Å²) in [6.45, 7) is 0.114. The van der Waals surface area contributed by atoms with Gasteiger partial charge in [0.15, 0.2) is 11.5 Å². The number of rotatable bonds is 8. The monoisotopic (exact) mass is 538 g/mol. The summed E-state index contributed by atoms with van der Waals surface area (Å²) < 4.78 is 29.8. The molecule has 0 saturated carbocycles. The van der Waals surface area contributed by atoms with Crippen LogP contribution in [0, 0.1) is 17.1 Å². The zero-order valence-corrected chi connectivity index (χ0v) is 20.4. The van der Waals surface area contributed by atoms with Crippen LogP contribution in [0.2, 0.25) is 0 Å². The van der Waals surface area contributed by atoms with Crippen molar-refractivity contribution in [2.24, 2.45) is 0 Å². The van der Waals surface area contributed by atoms with Crippen molar-refractivity contribution in [2.75, 3.05) is 19.5 Å². The predicted octanol–water partition coefficient (Wildman–Crippen LogP) is 5.51. The van der Waals surface area contributed by atoms with Crippen LogP contribution in [-0.2, 0) is 16.1 Å². The molecule has 0 aliphatic rings. The molecule has 1 N–H and O–H groups in total. The third-order valence-corrected chi connectivity index (χ3v) is 5.35. The molecule has 0 unspecified atom stereocenters. The smallest absolute Gasteiger partial charge is 0.337 e. The fraction of sp³-hybridized carbons (Fsp3) is 0.115. The summed E-state index contributed by atoms with van der Waals surface area (Å²) in [6.07, 6.45) is 1.40. The molecular formula is C26H20BrFN2O5. The Bertz CT molecular complexity index is 1320. The van der Waals surface area contributed by atoms with E-state index in [4.69, 9.17) is 9.47 Å². The van der Waals surface area contributed by atoms with Crippen LogP contribution in [-0.4, -0.2) is 26.1 Å². The van der Waals surface area contributed by atoms with Crippen LogP contribution < -0.4 is 14.8 Å². The van der Waals surface area contributed by atoms with Crippen molar-refractivity contribution in [3.8, 4) is 17.6 Å². The third-order valence-electron chi connectivity index (χ3n) is 4.76. The second kappa shape index (κ2) is 11.8. The van der Waals surface area contributed by atoms with E-state index in [1.807, 2.05) is 6.07 Å². The predicted molar refractivity (Wildman–Crippen MR) is 131 cm³/mol. The van der Waals surface area contributed by atoms with Gasteiger partial charge >= 0.3 is 5.97 Å². The average Bonchev–Trinajstić information content (AvgIpc) is 2.86. The lowest BCUT2D eigenvalue weighted by Crippen LogP contribution is -2.13. The maximum Gasteiger partial charge on any atom is 0.337 e. The Labute approximate surface area is 209 Å². The molecule has 0 radical (unpaired) electrons. The van der Waals surface area contributed by atoms with Gasteiger partial charge < -0.3 is 19.5 Å². The highest BCUT2D eigenvalue weighted by atomic mass is 79.9. The first kappa shape index (κ1) is 25.5. The number of nitriles is 1. The van der Waals surface area contributed by atoms with E-state index >= 15 is 0 Å². The van der Waals surface area contributed by atoms with Crippen molar-refractivity contribution in [1.82, 2.24) is 0 Å². The summed E-state index contributed by atoms with van der Waals surface area (Å²) in [5.41, 5.74) is 1.75. The standard InChI is InChI=1S/C26H20BrFN2O5/c1-33-23-13-17(12-22(27)24(23)35-15-16-4-3-5-20(28)11-16)10-19(14-29)25(31)30-21-8-6-18(7-9-21)26(32)34-2/h3-13H,15H2,1-2H3,(H,30,31)/b19-10+. The highest BCUT2D eigenvalue weighted by Crippen LogP contribution is 2.37. The van der Waals surface area contributed by atoms with Gasteiger partial charge in [0, 0.05) is 5.69 Å². The van der Waals surface area contributed by atoms with Gasteiger partial charge in [-0.3, -0.25) is 4.79 Å². The summed E-state index contributed by atoms with van der Waals surface area (Å²) in [6, 6.07) is 17.3. The normalized spacial score (nSPS) is 10.8. The molecule has 0 atom stereocenters. The highest BCUT2D eigenvalue weighted by Gasteiger charge is 2.15. The number of hydrogen-bond donors (Lipinski definition) is 1. The molecule has 3 aromatic carbocycles. The van der Waals surface area contributed by atoms with Gasteiger partial charge in [0.1, 0.15) is 24.1 Å². The Balaban J connectivity index is 1.78. The fourth-order valence-electron chi connectivity index (χ4n) is 3.07. The Hall–Kier alpha value is -4.16. The van der Waals surface area contributed by atoms with Crippen molar-refractivity contribution in [3.63, 3.8) is 0 Å². The number of esters is 1. The lowest BCUT2D eigenvalue weighted by atomic mass is 10.1. The number of benzene rings is 3. The summed E-state index contributed by atoms with van der Waals surface area (Å²) in [7, 11) is 2.73. The van der Waals surface area contributed by atoms with Crippen LogP contribution in [0.1, 0.15) is 21.5 Å². The maximum atomic E-state index is 13.4. The Morgan fingerprint density at radius 1 is 1.11 bits per heavy atom. The zero-order valence-electron chi connectivity index (χ0n) is 18.8. The number of hydrogen-bond acceptors (Lipinski definition) is 6. The van der Waals surface area contributed by atoms with E-state index in [2.05, 4.69) is 26.0 Å². The number of methoxy groups -OCH3 is 2. The minimum atomic E-state index is -0.625. The van der Waals surface area contributed by atoms with Crippen LogP contribution in [0.3, 0.4) is 0 Å². The second-order valence-corrected chi connectivity index (χ2v) is 8.00. The molecule has 0 saturated heterocycles. The molecule has 3 rings (SSSR count). The van der Waals surface area contributed by atoms with Gasteiger partial charge in [0.25, 0.3) is 5.91 Å². The molecule has 3 aromatic rings. The van der Waals surface area contributed by atoms with Gasteiger partial charge in [0.2, 0.25) is 0 Å². The molecule has 0 bridgehead atoms. The first-order chi connectivity index (χ1) is 16.8. The van der Waals surface area contributed by atoms with E-state index < -0.39 is 11.9 Å². The first-order valence-electron chi connectivity index (χ1n) is 10.2. The molecule has 0 aliphatic carbocycles. The topological polar surface area (TPSA) is 97.7 Å². The van der Waals surface area contributed by atoms with E-state index in [-0.39, 0.29) is 18.0 Å². The van der Waals surface area contributed by atoms with Gasteiger partial charge in [-0.25, -0.2) is 9.18 Å². The first-order valence-corrected chi connectivity index (χ1v) is 11.0. The number of nitrogens with zero attached hydrogens (tertiary/aromatic N) is 1. The summed E-state index contributed by atoms with van der Waals surface area (Å²) in [4.78, 5) is 24.2. The molecular weight excluding hydrogens is 519 g/mol. The van der Waals surface area contributed by atoms with E-state index in [9.17, 15) is 19.2 Å². The number of carbonyl (C=O) groups excluding carboxylic acids is 2.